The molecular weight excluding hydrogens is 432 g/mol. The molecule has 0 saturated carbocycles. The highest BCUT2D eigenvalue weighted by molar-refractivity contribution is 6.07. The van der Waals surface area contributed by atoms with Gasteiger partial charge in [0.25, 0.3) is 0 Å². The summed E-state index contributed by atoms with van der Waals surface area (Å²) in [4.78, 5) is 12.5. The summed E-state index contributed by atoms with van der Waals surface area (Å²) < 4.78 is 5.16. The van der Waals surface area contributed by atoms with Crippen molar-refractivity contribution < 1.29 is 9.53 Å². The highest BCUT2D eigenvalue weighted by Crippen LogP contribution is 2.36. The number of hydrogen-bond acceptors (Lipinski definition) is 4. The number of anilines is 1. The Bertz CT molecular complexity index is 1340. The third-order valence-corrected chi connectivity index (χ3v) is 6.16. The number of hydrogen-bond donors (Lipinski definition) is 0. The number of hydrazone groups is 1. The van der Waals surface area contributed by atoms with Gasteiger partial charge in [0, 0.05) is 12.0 Å². The van der Waals surface area contributed by atoms with Gasteiger partial charge in [-0.15, -0.1) is 0 Å². The molecule has 4 aromatic rings. The topological polar surface area (TPSA) is 41.9 Å². The first-order valence-corrected chi connectivity index (χ1v) is 11.6. The van der Waals surface area contributed by atoms with Crippen molar-refractivity contribution in [2.24, 2.45) is 5.10 Å². The molecule has 0 N–H and O–H groups in total. The van der Waals surface area contributed by atoms with E-state index in [4.69, 9.17) is 9.84 Å². The molecule has 4 heteroatoms. The van der Waals surface area contributed by atoms with Gasteiger partial charge in [-0.25, -0.2) is 0 Å². The highest BCUT2D eigenvalue weighted by atomic mass is 16.5. The monoisotopic (exact) mass is 458 g/mol. The van der Waals surface area contributed by atoms with E-state index >= 15 is 0 Å². The van der Waals surface area contributed by atoms with Gasteiger partial charge in [-0.1, -0.05) is 78.9 Å². The second kappa shape index (κ2) is 10.2. The van der Waals surface area contributed by atoms with E-state index in [-0.39, 0.29) is 11.8 Å². The molecule has 172 valence electrons. The third-order valence-electron chi connectivity index (χ3n) is 6.16. The zero-order valence-corrected chi connectivity index (χ0v) is 19.5. The fraction of sp³-hybridized carbons (Fsp3) is 0.0968. The Hall–Kier alpha value is -4.44. The Balaban J connectivity index is 1.37. The number of allylic oxidation sites excluding steroid dienone is 1. The number of rotatable bonds is 7. The number of carbonyl (C=O) groups excluding carboxylic acids is 1. The molecule has 4 aromatic carbocycles. The number of ketones is 1. The molecule has 0 bridgehead atoms. The normalized spacial score (nSPS) is 15.3. The molecule has 0 saturated heterocycles. The van der Waals surface area contributed by atoms with Crippen LogP contribution in [0.15, 0.2) is 120 Å². The summed E-state index contributed by atoms with van der Waals surface area (Å²) in [7, 11) is 1.61. The van der Waals surface area contributed by atoms with E-state index in [1.807, 2.05) is 42.5 Å². The zero-order valence-electron chi connectivity index (χ0n) is 19.5. The van der Waals surface area contributed by atoms with Crippen LogP contribution < -0.4 is 9.75 Å². The Kier molecular flexibility index (Phi) is 6.53. The Morgan fingerprint density at radius 1 is 0.857 bits per heavy atom. The van der Waals surface area contributed by atoms with E-state index in [2.05, 4.69) is 53.5 Å². The minimum Gasteiger partial charge on any atom is -0.497 e. The summed E-state index contributed by atoms with van der Waals surface area (Å²) in [6.07, 6.45) is 4.28. The molecule has 0 amide bonds. The maximum atomic E-state index is 12.5. The highest BCUT2D eigenvalue weighted by Gasteiger charge is 2.29. The quantitative estimate of drug-likeness (QED) is 0.222. The van der Waals surface area contributed by atoms with Gasteiger partial charge in [0.05, 0.1) is 24.6 Å². The molecule has 1 atom stereocenters. The van der Waals surface area contributed by atoms with Crippen molar-refractivity contribution in [2.45, 2.75) is 12.5 Å². The van der Waals surface area contributed by atoms with Gasteiger partial charge >= 0.3 is 0 Å². The molecule has 1 heterocycles. The molecule has 0 aliphatic carbocycles. The summed E-state index contributed by atoms with van der Waals surface area (Å²) in [5.74, 6) is 0.687. The maximum absolute atomic E-state index is 12.5. The van der Waals surface area contributed by atoms with Gasteiger partial charge in [0.1, 0.15) is 5.75 Å². The molecule has 0 fully saturated rings. The second-order valence-electron chi connectivity index (χ2n) is 8.41. The molecule has 1 aliphatic rings. The largest absolute Gasteiger partial charge is 0.497 e. The predicted molar refractivity (Wildman–Crippen MR) is 142 cm³/mol. The van der Waals surface area contributed by atoms with Gasteiger partial charge < -0.3 is 4.74 Å². The Morgan fingerprint density at radius 2 is 1.51 bits per heavy atom. The van der Waals surface area contributed by atoms with Gasteiger partial charge in [-0.3, -0.25) is 9.80 Å². The van der Waals surface area contributed by atoms with Crippen LogP contribution in [0.1, 0.15) is 39.5 Å². The van der Waals surface area contributed by atoms with E-state index in [0.29, 0.717) is 5.56 Å². The van der Waals surface area contributed by atoms with E-state index in [0.717, 1.165) is 34.7 Å². The predicted octanol–water partition coefficient (Wildman–Crippen LogP) is 6.95. The van der Waals surface area contributed by atoms with Gasteiger partial charge in [-0.2, -0.15) is 5.10 Å². The minimum absolute atomic E-state index is 0.0440. The lowest BCUT2D eigenvalue weighted by molar-refractivity contribution is 0.104. The molecule has 5 rings (SSSR count). The van der Waals surface area contributed by atoms with Crippen molar-refractivity contribution in [3.63, 3.8) is 0 Å². The number of ether oxygens (including phenoxy) is 1. The molecular formula is C31H26N2O2. The lowest BCUT2D eigenvalue weighted by Crippen LogP contribution is -2.18. The van der Waals surface area contributed by atoms with Crippen LogP contribution in [0.5, 0.6) is 5.75 Å². The standard InChI is InChI=1S/C31H26N2O2/c1-35-28-19-15-26(16-20-28)31(34)21-14-23-12-17-27(18-13-23)33-30(25-10-6-3-7-11-25)22-29(32-33)24-8-4-2-5-9-24/h2-21,30H,22H2,1H3/b21-14-. The van der Waals surface area contributed by atoms with Crippen LogP contribution in [0.25, 0.3) is 6.08 Å². The van der Waals surface area contributed by atoms with Crippen LogP contribution in [0.2, 0.25) is 0 Å². The molecule has 1 aliphatic heterocycles. The SMILES string of the molecule is COc1ccc(C(=O)/C=C\c2ccc(N3N=C(c4ccccc4)CC3c3ccccc3)cc2)cc1. The molecule has 4 nitrogen and oxygen atoms in total. The number of carbonyl (C=O) groups is 1. The van der Waals surface area contributed by atoms with Gasteiger partial charge in [0.2, 0.25) is 0 Å². The molecule has 0 aromatic heterocycles. The summed E-state index contributed by atoms with van der Waals surface area (Å²) in [5, 5.41) is 7.12. The Morgan fingerprint density at radius 3 is 2.17 bits per heavy atom. The van der Waals surface area contributed by atoms with E-state index in [1.165, 1.54) is 5.56 Å². The lowest BCUT2D eigenvalue weighted by Gasteiger charge is -2.24. The van der Waals surface area contributed by atoms with Crippen molar-refractivity contribution in [3.8, 4) is 5.75 Å². The smallest absolute Gasteiger partial charge is 0.185 e. The molecule has 0 radical (unpaired) electrons. The third kappa shape index (κ3) is 5.07. The van der Waals surface area contributed by atoms with Gasteiger partial charge in [-0.05, 0) is 59.2 Å². The fourth-order valence-corrected chi connectivity index (χ4v) is 4.25. The van der Waals surface area contributed by atoms with E-state index in [9.17, 15) is 4.79 Å². The van der Waals surface area contributed by atoms with E-state index < -0.39 is 0 Å². The first-order valence-electron chi connectivity index (χ1n) is 11.6. The van der Waals surface area contributed by atoms with Crippen LogP contribution in [0.4, 0.5) is 5.69 Å². The first-order chi connectivity index (χ1) is 17.2. The lowest BCUT2D eigenvalue weighted by atomic mass is 9.98. The van der Waals surface area contributed by atoms with Crippen LogP contribution in [0.3, 0.4) is 0 Å². The Labute approximate surface area is 205 Å². The summed E-state index contributed by atoms with van der Waals surface area (Å²) in [5.41, 5.74) is 6.06. The summed E-state index contributed by atoms with van der Waals surface area (Å²) >= 11 is 0. The second-order valence-corrected chi connectivity index (χ2v) is 8.41. The molecule has 0 spiro atoms. The van der Waals surface area contributed by atoms with Crippen LogP contribution in [0, 0.1) is 0 Å². The van der Waals surface area contributed by atoms with Crippen molar-refractivity contribution >= 4 is 23.3 Å². The van der Waals surface area contributed by atoms with Crippen LogP contribution in [-0.4, -0.2) is 18.6 Å². The maximum Gasteiger partial charge on any atom is 0.185 e. The minimum atomic E-state index is -0.0440. The van der Waals surface area contributed by atoms with E-state index in [1.54, 1.807) is 37.5 Å². The van der Waals surface area contributed by atoms with Crippen LogP contribution in [-0.2, 0) is 0 Å². The van der Waals surface area contributed by atoms with Crippen molar-refractivity contribution in [3.05, 3.63) is 138 Å². The van der Waals surface area contributed by atoms with Crippen molar-refractivity contribution in [1.29, 1.82) is 0 Å². The van der Waals surface area contributed by atoms with Crippen molar-refractivity contribution in [1.82, 2.24) is 0 Å². The number of nitrogens with zero attached hydrogens (tertiary/aromatic N) is 2. The number of methoxy groups -OCH3 is 1. The average Bonchev–Trinajstić information content (AvgIpc) is 3.39. The molecule has 1 unspecified atom stereocenters. The first kappa shape index (κ1) is 22.4. The fourth-order valence-electron chi connectivity index (χ4n) is 4.25. The van der Waals surface area contributed by atoms with Gasteiger partial charge in [0.15, 0.2) is 5.78 Å². The van der Waals surface area contributed by atoms with Crippen LogP contribution >= 0.6 is 0 Å². The zero-order chi connectivity index (χ0) is 24.0. The van der Waals surface area contributed by atoms with Crippen molar-refractivity contribution in [2.75, 3.05) is 12.1 Å². The molecule has 35 heavy (non-hydrogen) atoms. The number of benzene rings is 4. The summed E-state index contributed by atoms with van der Waals surface area (Å²) in [6, 6.07) is 36.2. The summed E-state index contributed by atoms with van der Waals surface area (Å²) in [6.45, 7) is 0. The average molecular weight is 459 g/mol.